The fourth-order valence-corrected chi connectivity index (χ4v) is 1.86. The number of aliphatic hydroxyl groups excluding tert-OH is 1. The minimum atomic E-state index is -0.985. The Labute approximate surface area is 127 Å². The molecule has 0 spiro atoms. The lowest BCUT2D eigenvalue weighted by molar-refractivity contribution is -0.123. The number of hydrogen-bond donors (Lipinski definition) is 3. The molecule has 1 aromatic carbocycles. The van der Waals surface area contributed by atoms with E-state index in [0.717, 1.165) is 18.2 Å². The molecule has 1 atom stereocenters. The average molecular weight is 314 g/mol. The van der Waals surface area contributed by atoms with Crippen molar-refractivity contribution in [3.63, 3.8) is 0 Å². The highest BCUT2D eigenvalue weighted by atomic mass is 19.1. The smallest absolute Gasteiger partial charge is 0.257 e. The van der Waals surface area contributed by atoms with Crippen molar-refractivity contribution in [2.45, 2.75) is 26.3 Å². The molecule has 3 N–H and O–H groups in total. The SMILES string of the molecule is CC(C)[C@H](NC(=O)c1c(F)cccc1F)C(=O)NCCCO. The highest BCUT2D eigenvalue weighted by molar-refractivity contribution is 5.98. The molecular weight excluding hydrogens is 294 g/mol. The van der Waals surface area contributed by atoms with Crippen LogP contribution in [-0.4, -0.2) is 36.1 Å². The number of nitrogens with one attached hydrogen (secondary N) is 2. The largest absolute Gasteiger partial charge is 0.396 e. The number of carbonyl (C=O) groups excluding carboxylic acids is 2. The summed E-state index contributed by atoms with van der Waals surface area (Å²) in [6.45, 7) is 3.59. The molecule has 0 aromatic heterocycles. The van der Waals surface area contributed by atoms with Gasteiger partial charge in [-0.25, -0.2) is 8.78 Å². The number of carbonyl (C=O) groups is 2. The van der Waals surface area contributed by atoms with Gasteiger partial charge < -0.3 is 15.7 Å². The first kappa shape index (κ1) is 18.0. The molecule has 1 rings (SSSR count). The number of benzene rings is 1. The highest BCUT2D eigenvalue weighted by Gasteiger charge is 2.26. The lowest BCUT2D eigenvalue weighted by Crippen LogP contribution is -2.50. The van der Waals surface area contributed by atoms with Gasteiger partial charge in [0.2, 0.25) is 5.91 Å². The summed E-state index contributed by atoms with van der Waals surface area (Å²) < 4.78 is 27.1. The zero-order valence-corrected chi connectivity index (χ0v) is 12.5. The van der Waals surface area contributed by atoms with Crippen LogP contribution < -0.4 is 10.6 Å². The van der Waals surface area contributed by atoms with Crippen molar-refractivity contribution in [3.05, 3.63) is 35.4 Å². The van der Waals surface area contributed by atoms with E-state index in [1.807, 2.05) is 0 Å². The van der Waals surface area contributed by atoms with Gasteiger partial charge in [0.1, 0.15) is 23.2 Å². The molecule has 1 aromatic rings. The van der Waals surface area contributed by atoms with Crippen LogP contribution in [0.1, 0.15) is 30.6 Å². The standard InChI is InChI=1S/C15H20F2N2O3/c1-9(2)13(15(22)18-7-4-8-20)19-14(21)12-10(16)5-3-6-11(12)17/h3,5-6,9,13,20H,4,7-8H2,1-2H3,(H,18,22)(H,19,21)/t13-/m0/s1. The molecule has 0 aliphatic carbocycles. The second-order valence-electron chi connectivity index (χ2n) is 5.16. The Morgan fingerprint density at radius 1 is 1.23 bits per heavy atom. The highest BCUT2D eigenvalue weighted by Crippen LogP contribution is 2.13. The summed E-state index contributed by atoms with van der Waals surface area (Å²) in [7, 11) is 0. The van der Waals surface area contributed by atoms with Gasteiger partial charge >= 0.3 is 0 Å². The van der Waals surface area contributed by atoms with Crippen molar-refractivity contribution >= 4 is 11.8 Å². The maximum Gasteiger partial charge on any atom is 0.257 e. The van der Waals surface area contributed by atoms with Crippen molar-refractivity contribution in [1.82, 2.24) is 10.6 Å². The summed E-state index contributed by atoms with van der Waals surface area (Å²) in [6.07, 6.45) is 0.381. The molecule has 7 heteroatoms. The van der Waals surface area contributed by atoms with Crippen LogP contribution in [0.4, 0.5) is 8.78 Å². The Morgan fingerprint density at radius 3 is 2.32 bits per heavy atom. The molecule has 0 saturated heterocycles. The third-order valence-corrected chi connectivity index (χ3v) is 3.06. The van der Waals surface area contributed by atoms with Crippen molar-refractivity contribution in [1.29, 1.82) is 0 Å². The number of hydrogen-bond acceptors (Lipinski definition) is 3. The Kier molecular flexibility index (Phi) is 6.91. The second kappa shape index (κ2) is 8.43. The summed E-state index contributed by atoms with van der Waals surface area (Å²) in [6, 6.07) is 2.18. The lowest BCUT2D eigenvalue weighted by atomic mass is 10.0. The van der Waals surface area contributed by atoms with Gasteiger partial charge in [0.25, 0.3) is 5.91 Å². The molecule has 0 saturated carbocycles. The van der Waals surface area contributed by atoms with Crippen molar-refractivity contribution in [2.24, 2.45) is 5.92 Å². The zero-order chi connectivity index (χ0) is 16.7. The fourth-order valence-electron chi connectivity index (χ4n) is 1.86. The maximum absolute atomic E-state index is 13.6. The van der Waals surface area contributed by atoms with E-state index in [4.69, 9.17) is 5.11 Å². The van der Waals surface area contributed by atoms with Gasteiger partial charge in [-0.15, -0.1) is 0 Å². The van der Waals surface area contributed by atoms with E-state index in [9.17, 15) is 18.4 Å². The Morgan fingerprint density at radius 2 is 1.82 bits per heavy atom. The minimum absolute atomic E-state index is 0.0700. The minimum Gasteiger partial charge on any atom is -0.396 e. The fraction of sp³-hybridized carbons (Fsp3) is 0.467. The van der Waals surface area contributed by atoms with Crippen LogP contribution in [0.2, 0.25) is 0 Å². The van der Waals surface area contributed by atoms with Crippen LogP contribution >= 0.6 is 0 Å². The number of aliphatic hydroxyl groups is 1. The van der Waals surface area contributed by atoms with Gasteiger partial charge in [-0.1, -0.05) is 19.9 Å². The Balaban J connectivity index is 2.83. The van der Waals surface area contributed by atoms with Gasteiger partial charge in [-0.3, -0.25) is 9.59 Å². The third-order valence-electron chi connectivity index (χ3n) is 3.06. The number of amides is 2. The summed E-state index contributed by atoms with van der Waals surface area (Å²) in [5.41, 5.74) is -0.712. The predicted octanol–water partition coefficient (Wildman–Crippen LogP) is 1.22. The van der Waals surface area contributed by atoms with E-state index in [1.165, 1.54) is 0 Å². The molecule has 0 radical (unpaired) electrons. The normalized spacial score (nSPS) is 12.1. The molecule has 0 fully saturated rings. The summed E-state index contributed by atoms with van der Waals surface area (Å²) in [5.74, 6) is -3.69. The monoisotopic (exact) mass is 314 g/mol. The topological polar surface area (TPSA) is 78.4 Å². The van der Waals surface area contributed by atoms with Crippen LogP contribution in [0.25, 0.3) is 0 Å². The molecule has 2 amide bonds. The van der Waals surface area contributed by atoms with E-state index < -0.39 is 35.1 Å². The van der Waals surface area contributed by atoms with Crippen LogP contribution in [0, 0.1) is 17.6 Å². The van der Waals surface area contributed by atoms with Crippen LogP contribution in [0.15, 0.2) is 18.2 Å². The van der Waals surface area contributed by atoms with Gasteiger partial charge in [0.05, 0.1) is 0 Å². The zero-order valence-electron chi connectivity index (χ0n) is 12.5. The third kappa shape index (κ3) is 4.77. The first-order valence-corrected chi connectivity index (χ1v) is 7.02. The molecule has 122 valence electrons. The number of halogens is 2. The van der Waals surface area contributed by atoms with Crippen LogP contribution in [0.3, 0.4) is 0 Å². The van der Waals surface area contributed by atoms with E-state index in [1.54, 1.807) is 13.8 Å². The molecular formula is C15H20F2N2O3. The Hall–Kier alpha value is -2.02. The maximum atomic E-state index is 13.6. The van der Waals surface area contributed by atoms with Gasteiger partial charge in [0, 0.05) is 13.2 Å². The summed E-state index contributed by atoms with van der Waals surface area (Å²) in [4.78, 5) is 24.0. The van der Waals surface area contributed by atoms with Crippen molar-refractivity contribution < 1.29 is 23.5 Å². The van der Waals surface area contributed by atoms with E-state index in [-0.39, 0.29) is 19.1 Å². The van der Waals surface area contributed by atoms with E-state index in [2.05, 4.69) is 10.6 Å². The van der Waals surface area contributed by atoms with Crippen LogP contribution in [0.5, 0.6) is 0 Å². The lowest BCUT2D eigenvalue weighted by Gasteiger charge is -2.22. The van der Waals surface area contributed by atoms with Gasteiger partial charge in [-0.2, -0.15) is 0 Å². The molecule has 0 aliphatic heterocycles. The average Bonchev–Trinajstić information content (AvgIpc) is 2.44. The molecule has 0 aliphatic rings. The van der Waals surface area contributed by atoms with E-state index in [0.29, 0.717) is 6.42 Å². The van der Waals surface area contributed by atoms with Gasteiger partial charge in [-0.05, 0) is 24.5 Å². The first-order valence-electron chi connectivity index (χ1n) is 7.02. The molecule has 0 bridgehead atoms. The quantitative estimate of drug-likeness (QED) is 0.662. The second-order valence-corrected chi connectivity index (χ2v) is 5.16. The first-order chi connectivity index (χ1) is 10.4. The molecule has 5 nitrogen and oxygen atoms in total. The van der Waals surface area contributed by atoms with E-state index >= 15 is 0 Å². The predicted molar refractivity (Wildman–Crippen MR) is 77.2 cm³/mol. The van der Waals surface area contributed by atoms with Crippen molar-refractivity contribution in [3.8, 4) is 0 Å². The molecule has 0 unspecified atom stereocenters. The summed E-state index contributed by atoms with van der Waals surface area (Å²) >= 11 is 0. The van der Waals surface area contributed by atoms with Gasteiger partial charge in [0.15, 0.2) is 0 Å². The summed E-state index contributed by atoms with van der Waals surface area (Å²) in [5, 5.41) is 13.6. The molecule has 0 heterocycles. The molecule has 22 heavy (non-hydrogen) atoms. The number of rotatable bonds is 7. The Bertz CT molecular complexity index is 515. The van der Waals surface area contributed by atoms with Crippen molar-refractivity contribution in [2.75, 3.05) is 13.2 Å². The van der Waals surface area contributed by atoms with Crippen LogP contribution in [-0.2, 0) is 4.79 Å².